The van der Waals surface area contributed by atoms with Crippen molar-refractivity contribution >= 4 is 16.9 Å². The Morgan fingerprint density at radius 3 is 2.87 bits per heavy atom. The van der Waals surface area contributed by atoms with Crippen LogP contribution in [0.5, 0.6) is 0 Å². The van der Waals surface area contributed by atoms with Gasteiger partial charge in [0, 0.05) is 18.0 Å². The summed E-state index contributed by atoms with van der Waals surface area (Å²) in [6, 6.07) is 3.87. The molecular formula is C17H20N4O2. The van der Waals surface area contributed by atoms with E-state index in [-0.39, 0.29) is 18.4 Å². The van der Waals surface area contributed by atoms with E-state index in [1.54, 1.807) is 17.2 Å². The van der Waals surface area contributed by atoms with Crippen molar-refractivity contribution in [3.63, 3.8) is 0 Å². The molecule has 1 amide bonds. The Balaban J connectivity index is 1.76. The first kappa shape index (κ1) is 15.3. The van der Waals surface area contributed by atoms with Gasteiger partial charge in [-0.15, -0.1) is 10.2 Å². The number of aromatic nitrogens is 3. The van der Waals surface area contributed by atoms with Crippen molar-refractivity contribution in [2.24, 2.45) is 7.05 Å². The number of nitrogens with zero attached hydrogens (tertiary/aromatic N) is 3. The van der Waals surface area contributed by atoms with E-state index in [0.717, 1.165) is 27.9 Å². The fourth-order valence-corrected chi connectivity index (χ4v) is 2.74. The first-order valence-corrected chi connectivity index (χ1v) is 7.57. The van der Waals surface area contributed by atoms with Crippen molar-refractivity contribution in [3.05, 3.63) is 47.2 Å². The third-order valence-corrected chi connectivity index (χ3v) is 4.20. The minimum absolute atomic E-state index is 0.0681. The van der Waals surface area contributed by atoms with Crippen molar-refractivity contribution in [1.29, 1.82) is 0 Å². The van der Waals surface area contributed by atoms with Crippen LogP contribution in [0.4, 0.5) is 0 Å². The summed E-state index contributed by atoms with van der Waals surface area (Å²) in [6.45, 7) is 5.97. The van der Waals surface area contributed by atoms with Crippen LogP contribution in [-0.2, 0) is 18.3 Å². The average Bonchev–Trinajstić information content (AvgIpc) is 3.10. The molecule has 1 atom stereocenters. The molecule has 0 bridgehead atoms. The minimum atomic E-state index is -0.197. The van der Waals surface area contributed by atoms with Gasteiger partial charge in [0.15, 0.2) is 5.82 Å². The number of carbonyl (C=O) groups is 1. The maximum Gasteiger partial charge on any atom is 0.225 e. The molecule has 6 heteroatoms. The highest BCUT2D eigenvalue weighted by atomic mass is 16.3. The maximum absolute atomic E-state index is 12.3. The zero-order chi connectivity index (χ0) is 16.6. The molecule has 0 saturated heterocycles. The highest BCUT2D eigenvalue weighted by Gasteiger charge is 2.17. The minimum Gasteiger partial charge on any atom is -0.464 e. The van der Waals surface area contributed by atoms with Gasteiger partial charge < -0.3 is 14.3 Å². The zero-order valence-corrected chi connectivity index (χ0v) is 13.8. The second-order valence-corrected chi connectivity index (χ2v) is 5.91. The molecule has 0 unspecified atom stereocenters. The molecule has 2 aromatic heterocycles. The number of benzene rings is 1. The number of hydrogen-bond donors (Lipinski definition) is 1. The summed E-state index contributed by atoms with van der Waals surface area (Å²) >= 11 is 0. The Morgan fingerprint density at radius 2 is 2.17 bits per heavy atom. The number of carbonyl (C=O) groups excluding carboxylic acids is 1. The molecule has 120 valence electrons. The fourth-order valence-electron chi connectivity index (χ4n) is 2.74. The van der Waals surface area contributed by atoms with Gasteiger partial charge in [0.2, 0.25) is 5.91 Å². The third kappa shape index (κ3) is 2.84. The average molecular weight is 312 g/mol. The van der Waals surface area contributed by atoms with Gasteiger partial charge in [-0.1, -0.05) is 12.1 Å². The molecule has 1 N–H and O–H groups in total. The quantitative estimate of drug-likeness (QED) is 0.803. The topological polar surface area (TPSA) is 73.0 Å². The van der Waals surface area contributed by atoms with Gasteiger partial charge in [0.1, 0.15) is 11.9 Å². The van der Waals surface area contributed by atoms with Crippen LogP contribution in [-0.4, -0.2) is 20.7 Å². The molecule has 1 aromatic carbocycles. The van der Waals surface area contributed by atoms with Crippen LogP contribution in [0.25, 0.3) is 11.0 Å². The van der Waals surface area contributed by atoms with E-state index >= 15 is 0 Å². The van der Waals surface area contributed by atoms with Gasteiger partial charge in [-0.2, -0.15) is 0 Å². The van der Waals surface area contributed by atoms with E-state index in [4.69, 9.17) is 4.42 Å². The zero-order valence-electron chi connectivity index (χ0n) is 13.8. The van der Waals surface area contributed by atoms with Crippen molar-refractivity contribution in [1.82, 2.24) is 20.1 Å². The Labute approximate surface area is 134 Å². The van der Waals surface area contributed by atoms with Crippen LogP contribution in [0, 0.1) is 13.8 Å². The molecule has 2 heterocycles. The summed E-state index contributed by atoms with van der Waals surface area (Å²) in [4.78, 5) is 12.3. The van der Waals surface area contributed by atoms with Crippen molar-refractivity contribution < 1.29 is 9.21 Å². The first-order chi connectivity index (χ1) is 11.0. The van der Waals surface area contributed by atoms with E-state index in [1.165, 1.54) is 5.56 Å². The van der Waals surface area contributed by atoms with Crippen LogP contribution in [0.3, 0.4) is 0 Å². The number of fused-ring (bicyclic) bond motifs is 1. The Hall–Kier alpha value is -2.63. The maximum atomic E-state index is 12.3. The molecule has 0 saturated carbocycles. The van der Waals surface area contributed by atoms with Crippen LogP contribution in [0.2, 0.25) is 0 Å². The van der Waals surface area contributed by atoms with Gasteiger partial charge in [-0.3, -0.25) is 4.79 Å². The molecule has 3 aromatic rings. The Bertz CT molecular complexity index is 863. The molecule has 0 aliphatic heterocycles. The standard InChI is InChI=1S/C17H20N4O2/c1-10-5-6-14-13(8-23-16(14)11(10)2)7-15(22)19-12(3)17-20-18-9-21(17)4/h5-6,8-9,12H,7H2,1-4H3,(H,19,22)/t12-/m1/s1. The summed E-state index contributed by atoms with van der Waals surface area (Å²) < 4.78 is 7.45. The van der Waals surface area contributed by atoms with E-state index in [0.29, 0.717) is 0 Å². The molecule has 0 spiro atoms. The van der Waals surface area contributed by atoms with Crippen LogP contribution >= 0.6 is 0 Å². The Morgan fingerprint density at radius 1 is 1.39 bits per heavy atom. The molecular weight excluding hydrogens is 292 g/mol. The number of nitrogens with one attached hydrogen (secondary N) is 1. The number of amides is 1. The smallest absolute Gasteiger partial charge is 0.225 e. The van der Waals surface area contributed by atoms with Gasteiger partial charge in [0.05, 0.1) is 18.7 Å². The lowest BCUT2D eigenvalue weighted by Crippen LogP contribution is -2.29. The van der Waals surface area contributed by atoms with Gasteiger partial charge in [-0.05, 0) is 31.9 Å². The summed E-state index contributed by atoms with van der Waals surface area (Å²) in [7, 11) is 1.85. The summed E-state index contributed by atoms with van der Waals surface area (Å²) in [6.07, 6.45) is 3.56. The van der Waals surface area contributed by atoms with Crippen LogP contribution < -0.4 is 5.32 Å². The van der Waals surface area contributed by atoms with Crippen molar-refractivity contribution in [3.8, 4) is 0 Å². The summed E-state index contributed by atoms with van der Waals surface area (Å²) in [5.74, 6) is 0.656. The summed E-state index contributed by atoms with van der Waals surface area (Å²) in [5, 5.41) is 11.8. The number of rotatable bonds is 4. The third-order valence-electron chi connectivity index (χ3n) is 4.20. The predicted molar refractivity (Wildman–Crippen MR) is 87.0 cm³/mol. The molecule has 0 radical (unpaired) electrons. The lowest BCUT2D eigenvalue weighted by atomic mass is 10.0. The Kier molecular flexibility index (Phi) is 3.90. The molecule has 0 aliphatic rings. The van der Waals surface area contributed by atoms with Crippen molar-refractivity contribution in [2.45, 2.75) is 33.2 Å². The molecule has 23 heavy (non-hydrogen) atoms. The predicted octanol–water partition coefficient (Wildman–Crippen LogP) is 2.60. The van der Waals surface area contributed by atoms with Gasteiger partial charge >= 0.3 is 0 Å². The molecule has 0 aliphatic carbocycles. The fraction of sp³-hybridized carbons (Fsp3) is 0.353. The van der Waals surface area contributed by atoms with E-state index in [2.05, 4.69) is 21.6 Å². The molecule has 0 fully saturated rings. The largest absolute Gasteiger partial charge is 0.464 e. The lowest BCUT2D eigenvalue weighted by molar-refractivity contribution is -0.121. The van der Waals surface area contributed by atoms with E-state index in [9.17, 15) is 4.79 Å². The number of furan rings is 1. The lowest BCUT2D eigenvalue weighted by Gasteiger charge is -2.12. The molecule has 3 rings (SSSR count). The van der Waals surface area contributed by atoms with E-state index < -0.39 is 0 Å². The first-order valence-electron chi connectivity index (χ1n) is 7.57. The van der Waals surface area contributed by atoms with E-state index in [1.807, 2.05) is 33.9 Å². The van der Waals surface area contributed by atoms with Crippen LogP contribution in [0.15, 0.2) is 29.1 Å². The number of aryl methyl sites for hydroxylation is 3. The van der Waals surface area contributed by atoms with Crippen LogP contribution in [0.1, 0.15) is 35.5 Å². The van der Waals surface area contributed by atoms with Gasteiger partial charge in [-0.25, -0.2) is 0 Å². The normalized spacial score (nSPS) is 12.5. The second kappa shape index (κ2) is 5.87. The highest BCUT2D eigenvalue weighted by Crippen LogP contribution is 2.26. The molecule has 6 nitrogen and oxygen atoms in total. The highest BCUT2D eigenvalue weighted by molar-refractivity contribution is 5.89. The second-order valence-electron chi connectivity index (χ2n) is 5.91. The monoisotopic (exact) mass is 312 g/mol. The number of hydrogen-bond acceptors (Lipinski definition) is 4. The summed E-state index contributed by atoms with van der Waals surface area (Å²) in [5.41, 5.74) is 4.04. The van der Waals surface area contributed by atoms with Gasteiger partial charge in [0.25, 0.3) is 0 Å². The SMILES string of the molecule is Cc1ccc2c(CC(=O)N[C@H](C)c3nncn3C)coc2c1C. The van der Waals surface area contributed by atoms with Crippen molar-refractivity contribution in [2.75, 3.05) is 0 Å².